The summed E-state index contributed by atoms with van der Waals surface area (Å²) in [6, 6.07) is -1.60. The van der Waals surface area contributed by atoms with E-state index in [9.17, 15) is 14.7 Å². The van der Waals surface area contributed by atoms with Gasteiger partial charge in [-0.1, -0.05) is 5.16 Å². The Morgan fingerprint density at radius 3 is 2.89 bits per heavy atom. The fraction of sp³-hybridized carbons (Fsp3) is 0.600. The van der Waals surface area contributed by atoms with Crippen molar-refractivity contribution < 1.29 is 24.3 Å². The lowest BCUT2D eigenvalue weighted by Crippen LogP contribution is -2.46. The summed E-state index contributed by atoms with van der Waals surface area (Å²) < 4.78 is 4.81. The molecule has 0 radical (unpaired) electrons. The second kappa shape index (κ2) is 5.22. The van der Waals surface area contributed by atoms with Gasteiger partial charge in [0.15, 0.2) is 5.82 Å². The van der Waals surface area contributed by atoms with Crippen molar-refractivity contribution >= 4 is 12.0 Å². The Morgan fingerprint density at radius 2 is 2.32 bits per heavy atom. The van der Waals surface area contributed by atoms with Gasteiger partial charge in [0.25, 0.3) is 0 Å². The van der Waals surface area contributed by atoms with E-state index < -0.39 is 24.1 Å². The van der Waals surface area contributed by atoms with Gasteiger partial charge >= 0.3 is 12.0 Å². The molecule has 1 aromatic rings. The molecule has 1 fully saturated rings. The fourth-order valence-electron chi connectivity index (χ4n) is 1.94. The van der Waals surface area contributed by atoms with Crippen molar-refractivity contribution in [3.05, 3.63) is 11.7 Å². The Hall–Kier alpha value is -2.16. The van der Waals surface area contributed by atoms with Crippen molar-refractivity contribution in [1.29, 1.82) is 0 Å². The van der Waals surface area contributed by atoms with E-state index in [1.165, 1.54) is 0 Å². The molecule has 1 saturated heterocycles. The molecule has 19 heavy (non-hydrogen) atoms. The van der Waals surface area contributed by atoms with Gasteiger partial charge in [-0.2, -0.15) is 4.98 Å². The molecule has 2 atom stereocenters. The number of nitrogens with zero attached hydrogens (tertiary/aromatic N) is 3. The second-order valence-corrected chi connectivity index (χ2v) is 4.29. The number of carboxylic acids is 1. The van der Waals surface area contributed by atoms with E-state index in [-0.39, 0.29) is 25.4 Å². The number of aliphatic hydroxyl groups is 1. The average molecular weight is 270 g/mol. The van der Waals surface area contributed by atoms with E-state index in [1.54, 1.807) is 6.92 Å². The zero-order valence-corrected chi connectivity index (χ0v) is 10.2. The summed E-state index contributed by atoms with van der Waals surface area (Å²) in [5, 5.41) is 24.4. The number of aryl methyl sites for hydroxylation is 1. The Labute approximate surface area is 108 Å². The van der Waals surface area contributed by atoms with Crippen molar-refractivity contribution in [3.8, 4) is 0 Å². The van der Waals surface area contributed by atoms with E-state index in [0.717, 1.165) is 4.90 Å². The molecule has 0 aromatic carbocycles. The molecule has 9 nitrogen and oxygen atoms in total. The van der Waals surface area contributed by atoms with Crippen LogP contribution in [0, 0.1) is 6.92 Å². The molecule has 3 N–H and O–H groups in total. The highest BCUT2D eigenvalue weighted by atomic mass is 16.5. The molecule has 1 aliphatic rings. The van der Waals surface area contributed by atoms with Crippen LogP contribution in [0.3, 0.4) is 0 Å². The van der Waals surface area contributed by atoms with Crippen molar-refractivity contribution in [3.63, 3.8) is 0 Å². The van der Waals surface area contributed by atoms with E-state index in [0.29, 0.717) is 5.82 Å². The van der Waals surface area contributed by atoms with Crippen LogP contribution in [0.5, 0.6) is 0 Å². The van der Waals surface area contributed by atoms with Gasteiger partial charge in [0.2, 0.25) is 5.89 Å². The van der Waals surface area contributed by atoms with Gasteiger partial charge in [0, 0.05) is 13.0 Å². The number of β-amino-alcohol motifs (C(OH)–C–C–N with tert-alkyl or cyclic N) is 1. The third kappa shape index (κ3) is 2.99. The van der Waals surface area contributed by atoms with Crippen molar-refractivity contribution in [1.82, 2.24) is 20.4 Å². The van der Waals surface area contributed by atoms with Crippen LogP contribution < -0.4 is 5.32 Å². The summed E-state index contributed by atoms with van der Waals surface area (Å²) in [5.41, 5.74) is 0. The summed E-state index contributed by atoms with van der Waals surface area (Å²) in [7, 11) is 0. The molecular formula is C10H14N4O5. The quantitative estimate of drug-likeness (QED) is 0.649. The molecule has 0 spiro atoms. The topological polar surface area (TPSA) is 129 Å². The number of hydrogen-bond acceptors (Lipinski definition) is 6. The number of nitrogens with one attached hydrogen (secondary N) is 1. The summed E-state index contributed by atoms with van der Waals surface area (Å²) >= 11 is 0. The Morgan fingerprint density at radius 1 is 1.58 bits per heavy atom. The molecule has 2 amide bonds. The number of carbonyl (C=O) groups is 2. The highest BCUT2D eigenvalue weighted by Gasteiger charge is 2.38. The molecule has 104 valence electrons. The summed E-state index contributed by atoms with van der Waals surface area (Å²) in [5.74, 6) is -0.456. The number of urea groups is 1. The van der Waals surface area contributed by atoms with Gasteiger partial charge in [-0.05, 0) is 6.92 Å². The zero-order chi connectivity index (χ0) is 14.0. The number of carbonyl (C=O) groups excluding carboxylic acids is 1. The first-order chi connectivity index (χ1) is 8.97. The number of hydrogen-bond donors (Lipinski definition) is 3. The number of carboxylic acid groups (broad SMARTS) is 1. The lowest BCUT2D eigenvalue weighted by molar-refractivity contribution is -0.141. The number of aliphatic hydroxyl groups excluding tert-OH is 1. The molecule has 0 saturated carbocycles. The van der Waals surface area contributed by atoms with Crippen LogP contribution in [-0.4, -0.2) is 55.9 Å². The minimum atomic E-state index is -1.14. The van der Waals surface area contributed by atoms with Crippen LogP contribution >= 0.6 is 0 Å². The maximum atomic E-state index is 11.8. The standard InChI is InChI=1S/C10H14N4O5/c1-5-12-8(19-13-5)3-11-10(18)14-4-6(15)2-7(14)9(16)17/h6-7,15H,2-4H2,1H3,(H,11,18)(H,16,17)/t6?,7-/m0/s1. The normalized spacial score (nSPS) is 22.5. The molecule has 0 aliphatic carbocycles. The average Bonchev–Trinajstić information content (AvgIpc) is 2.92. The van der Waals surface area contributed by atoms with Gasteiger partial charge in [-0.3, -0.25) is 0 Å². The van der Waals surface area contributed by atoms with Crippen LogP contribution in [0.1, 0.15) is 18.1 Å². The highest BCUT2D eigenvalue weighted by molar-refractivity contribution is 5.83. The van der Waals surface area contributed by atoms with Crippen LogP contribution in [0.4, 0.5) is 4.79 Å². The summed E-state index contributed by atoms with van der Waals surface area (Å²) in [6.45, 7) is 1.65. The van der Waals surface area contributed by atoms with Crippen molar-refractivity contribution in [2.24, 2.45) is 0 Å². The Balaban J connectivity index is 1.93. The third-order valence-electron chi connectivity index (χ3n) is 2.79. The number of rotatable bonds is 3. The third-order valence-corrected chi connectivity index (χ3v) is 2.79. The zero-order valence-electron chi connectivity index (χ0n) is 10.2. The van der Waals surface area contributed by atoms with Crippen molar-refractivity contribution in [2.75, 3.05) is 6.54 Å². The monoisotopic (exact) mass is 270 g/mol. The SMILES string of the molecule is Cc1noc(CNC(=O)N2CC(O)C[C@H]2C(=O)O)n1. The maximum Gasteiger partial charge on any atom is 0.326 e. The minimum Gasteiger partial charge on any atom is -0.480 e. The molecule has 9 heteroatoms. The smallest absolute Gasteiger partial charge is 0.326 e. The maximum absolute atomic E-state index is 11.8. The molecule has 2 rings (SSSR count). The largest absolute Gasteiger partial charge is 0.480 e. The van der Waals surface area contributed by atoms with Crippen molar-refractivity contribution in [2.45, 2.75) is 32.0 Å². The van der Waals surface area contributed by atoms with Crippen LogP contribution in [0.15, 0.2) is 4.52 Å². The lowest BCUT2D eigenvalue weighted by Gasteiger charge is -2.20. The van der Waals surface area contributed by atoms with E-state index in [1.807, 2.05) is 0 Å². The van der Waals surface area contributed by atoms with Gasteiger partial charge in [-0.25, -0.2) is 9.59 Å². The Kier molecular flexibility index (Phi) is 3.65. The molecule has 1 aliphatic heterocycles. The summed E-state index contributed by atoms with van der Waals surface area (Å²) in [6.07, 6.45) is -0.792. The lowest BCUT2D eigenvalue weighted by atomic mass is 10.2. The van der Waals surface area contributed by atoms with Crippen LogP contribution in [0.2, 0.25) is 0 Å². The van der Waals surface area contributed by atoms with Gasteiger partial charge in [-0.15, -0.1) is 0 Å². The molecule has 1 unspecified atom stereocenters. The first-order valence-electron chi connectivity index (χ1n) is 5.72. The number of aliphatic carboxylic acids is 1. The van der Waals surface area contributed by atoms with E-state index in [2.05, 4.69) is 15.5 Å². The van der Waals surface area contributed by atoms with E-state index >= 15 is 0 Å². The molecule has 2 heterocycles. The fourth-order valence-corrected chi connectivity index (χ4v) is 1.94. The first kappa shape index (κ1) is 13.3. The Bertz CT molecular complexity index is 488. The van der Waals surface area contributed by atoms with Gasteiger partial charge in [0.05, 0.1) is 12.6 Å². The number of aromatic nitrogens is 2. The molecule has 0 bridgehead atoms. The molecule has 1 aromatic heterocycles. The minimum absolute atomic E-state index is 0.00827. The highest BCUT2D eigenvalue weighted by Crippen LogP contribution is 2.18. The van der Waals surface area contributed by atoms with Gasteiger partial charge in [0.1, 0.15) is 6.04 Å². The predicted octanol–water partition coefficient (Wildman–Crippen LogP) is -0.893. The summed E-state index contributed by atoms with van der Waals surface area (Å²) in [4.78, 5) is 27.8. The number of amides is 2. The van der Waals surface area contributed by atoms with Crippen LogP contribution in [0.25, 0.3) is 0 Å². The van der Waals surface area contributed by atoms with Gasteiger partial charge < -0.3 is 25.0 Å². The predicted molar refractivity (Wildman–Crippen MR) is 60.0 cm³/mol. The van der Waals surface area contributed by atoms with Crippen LogP contribution in [-0.2, 0) is 11.3 Å². The first-order valence-corrected chi connectivity index (χ1v) is 5.72. The number of likely N-dealkylation sites (tertiary alicyclic amines) is 1. The second-order valence-electron chi connectivity index (χ2n) is 4.29. The molecular weight excluding hydrogens is 256 g/mol. The van der Waals surface area contributed by atoms with E-state index in [4.69, 9.17) is 9.63 Å².